The Morgan fingerprint density at radius 3 is 2.60 bits per heavy atom. The van der Waals surface area contributed by atoms with E-state index in [0.29, 0.717) is 29.8 Å². The largest absolute Gasteiger partial charge is 0.352 e. The second-order valence-electron chi connectivity index (χ2n) is 6.96. The first-order valence-corrected chi connectivity index (χ1v) is 8.51. The Kier molecular flexibility index (Phi) is 5.68. The molecule has 2 aliphatic rings. The van der Waals surface area contributed by atoms with Gasteiger partial charge in [0, 0.05) is 11.8 Å². The van der Waals surface area contributed by atoms with Crippen LogP contribution in [0.3, 0.4) is 0 Å². The van der Waals surface area contributed by atoms with Gasteiger partial charge in [0.2, 0.25) is 0 Å². The van der Waals surface area contributed by atoms with Gasteiger partial charge < -0.3 is 9.47 Å². The van der Waals surface area contributed by atoms with Crippen LogP contribution in [0.25, 0.3) is 0 Å². The molecule has 0 aromatic heterocycles. The molecule has 2 heteroatoms. The molecule has 1 saturated heterocycles. The number of rotatable bonds is 4. The summed E-state index contributed by atoms with van der Waals surface area (Å²) in [6.45, 7) is 12.3. The molecule has 116 valence electrons. The van der Waals surface area contributed by atoms with E-state index >= 15 is 0 Å². The normalized spacial score (nSPS) is 42.4. The van der Waals surface area contributed by atoms with E-state index in [9.17, 15) is 0 Å². The average molecular weight is 280 g/mol. The highest BCUT2D eigenvalue weighted by molar-refractivity contribution is 5.08. The second kappa shape index (κ2) is 7.09. The summed E-state index contributed by atoms with van der Waals surface area (Å²) < 4.78 is 12.5. The number of allylic oxidation sites excluding steroid dienone is 2. The molecular formula is C18H32O2. The average Bonchev–Trinajstić information content (AvgIpc) is 2.38. The van der Waals surface area contributed by atoms with Crippen LogP contribution >= 0.6 is 0 Å². The third-order valence-electron chi connectivity index (χ3n) is 5.18. The van der Waals surface area contributed by atoms with Crippen LogP contribution in [0.2, 0.25) is 0 Å². The molecule has 1 fully saturated rings. The zero-order valence-electron chi connectivity index (χ0n) is 13.9. The summed E-state index contributed by atoms with van der Waals surface area (Å²) >= 11 is 0. The van der Waals surface area contributed by atoms with Crippen molar-refractivity contribution in [3.63, 3.8) is 0 Å². The molecule has 2 rings (SSSR count). The summed E-state index contributed by atoms with van der Waals surface area (Å²) in [5, 5.41) is 0. The number of hydrogen-bond donors (Lipinski definition) is 0. The van der Waals surface area contributed by atoms with Gasteiger partial charge in [0.25, 0.3) is 0 Å². The van der Waals surface area contributed by atoms with Crippen molar-refractivity contribution >= 4 is 0 Å². The molecule has 0 radical (unpaired) electrons. The molecule has 6 atom stereocenters. The first-order chi connectivity index (χ1) is 9.56. The van der Waals surface area contributed by atoms with E-state index in [2.05, 4.69) is 40.7 Å². The molecule has 0 saturated carbocycles. The lowest BCUT2D eigenvalue weighted by Crippen LogP contribution is -2.47. The van der Waals surface area contributed by atoms with Gasteiger partial charge >= 0.3 is 0 Å². The molecule has 0 aromatic carbocycles. The minimum absolute atomic E-state index is 0.00343. The lowest BCUT2D eigenvalue weighted by atomic mass is 9.74. The van der Waals surface area contributed by atoms with E-state index in [-0.39, 0.29) is 6.29 Å². The third kappa shape index (κ3) is 3.46. The quantitative estimate of drug-likeness (QED) is 0.689. The SMILES string of the molecule is CCCC1OC(C2C(C)C=C(C)CC2C)OCC1CC. The third-order valence-corrected chi connectivity index (χ3v) is 5.18. The smallest absolute Gasteiger partial charge is 0.161 e. The van der Waals surface area contributed by atoms with Gasteiger partial charge in [0.15, 0.2) is 6.29 Å². The molecule has 0 aromatic rings. The molecule has 1 aliphatic carbocycles. The monoisotopic (exact) mass is 280 g/mol. The van der Waals surface area contributed by atoms with Crippen LogP contribution in [0.4, 0.5) is 0 Å². The van der Waals surface area contributed by atoms with Crippen molar-refractivity contribution in [3.8, 4) is 0 Å². The Morgan fingerprint density at radius 1 is 1.25 bits per heavy atom. The zero-order chi connectivity index (χ0) is 14.7. The Morgan fingerprint density at radius 2 is 2.00 bits per heavy atom. The standard InChI is InChI=1S/C18H32O2/c1-6-8-16-15(7-2)11-19-18(20-16)17-13(4)9-12(3)10-14(17)5/h9,13-18H,6-8,10-11H2,1-5H3. The summed E-state index contributed by atoms with van der Waals surface area (Å²) in [6, 6.07) is 0. The van der Waals surface area contributed by atoms with E-state index < -0.39 is 0 Å². The summed E-state index contributed by atoms with van der Waals surface area (Å²) in [4.78, 5) is 0. The zero-order valence-corrected chi connectivity index (χ0v) is 13.9. The van der Waals surface area contributed by atoms with E-state index in [4.69, 9.17) is 9.47 Å². The van der Waals surface area contributed by atoms with Gasteiger partial charge in [-0.2, -0.15) is 0 Å². The maximum atomic E-state index is 6.39. The van der Waals surface area contributed by atoms with Gasteiger partial charge in [-0.3, -0.25) is 0 Å². The highest BCUT2D eigenvalue weighted by atomic mass is 16.7. The highest BCUT2D eigenvalue weighted by Crippen LogP contribution is 2.40. The first-order valence-electron chi connectivity index (χ1n) is 8.51. The maximum absolute atomic E-state index is 6.39. The summed E-state index contributed by atoms with van der Waals surface area (Å²) in [7, 11) is 0. The topological polar surface area (TPSA) is 18.5 Å². The van der Waals surface area contributed by atoms with Crippen molar-refractivity contribution < 1.29 is 9.47 Å². The van der Waals surface area contributed by atoms with Crippen LogP contribution in [-0.2, 0) is 9.47 Å². The van der Waals surface area contributed by atoms with E-state index in [1.54, 1.807) is 0 Å². The number of ether oxygens (including phenoxy) is 2. The van der Waals surface area contributed by atoms with E-state index in [1.165, 1.54) is 24.8 Å². The molecule has 2 nitrogen and oxygen atoms in total. The minimum atomic E-state index is 0.00343. The fourth-order valence-electron chi connectivity index (χ4n) is 4.13. The predicted molar refractivity (Wildman–Crippen MR) is 83.5 cm³/mol. The Balaban J connectivity index is 2.05. The van der Waals surface area contributed by atoms with Gasteiger partial charge in [0.05, 0.1) is 12.7 Å². The number of hydrogen-bond acceptors (Lipinski definition) is 2. The molecular weight excluding hydrogens is 248 g/mol. The predicted octanol–water partition coefficient (Wildman–Crippen LogP) is 4.79. The fraction of sp³-hybridized carbons (Fsp3) is 0.889. The van der Waals surface area contributed by atoms with Crippen molar-refractivity contribution in [2.45, 2.75) is 72.7 Å². The Bertz CT molecular complexity index is 336. The summed E-state index contributed by atoms with van der Waals surface area (Å²) in [5.74, 6) is 2.30. The molecule has 0 N–H and O–H groups in total. The first kappa shape index (κ1) is 16.0. The van der Waals surface area contributed by atoms with Crippen LogP contribution in [0.15, 0.2) is 11.6 Å². The minimum Gasteiger partial charge on any atom is -0.352 e. The van der Waals surface area contributed by atoms with Gasteiger partial charge in [0.1, 0.15) is 0 Å². The van der Waals surface area contributed by atoms with Crippen LogP contribution in [0.1, 0.15) is 60.3 Å². The van der Waals surface area contributed by atoms with Gasteiger partial charge in [-0.25, -0.2) is 0 Å². The van der Waals surface area contributed by atoms with Crippen LogP contribution in [0.5, 0.6) is 0 Å². The fourth-order valence-corrected chi connectivity index (χ4v) is 4.13. The molecule has 20 heavy (non-hydrogen) atoms. The van der Waals surface area contributed by atoms with Crippen molar-refractivity contribution in [2.24, 2.45) is 23.7 Å². The van der Waals surface area contributed by atoms with Crippen LogP contribution < -0.4 is 0 Å². The second-order valence-corrected chi connectivity index (χ2v) is 6.96. The molecule has 0 bridgehead atoms. The van der Waals surface area contributed by atoms with Gasteiger partial charge in [-0.15, -0.1) is 0 Å². The lowest BCUT2D eigenvalue weighted by Gasteiger charge is -2.44. The van der Waals surface area contributed by atoms with Crippen molar-refractivity contribution in [2.75, 3.05) is 6.61 Å². The Hall–Kier alpha value is -0.340. The van der Waals surface area contributed by atoms with E-state index in [1.807, 2.05) is 0 Å². The molecule has 6 unspecified atom stereocenters. The van der Waals surface area contributed by atoms with E-state index in [0.717, 1.165) is 13.0 Å². The van der Waals surface area contributed by atoms with Crippen molar-refractivity contribution in [3.05, 3.63) is 11.6 Å². The molecule has 0 amide bonds. The maximum Gasteiger partial charge on any atom is 0.161 e. The molecule has 1 heterocycles. The molecule has 0 spiro atoms. The van der Waals surface area contributed by atoms with Crippen molar-refractivity contribution in [1.82, 2.24) is 0 Å². The van der Waals surface area contributed by atoms with Gasteiger partial charge in [-0.1, -0.05) is 45.8 Å². The highest BCUT2D eigenvalue weighted by Gasteiger charge is 2.40. The van der Waals surface area contributed by atoms with Crippen LogP contribution in [0, 0.1) is 23.7 Å². The van der Waals surface area contributed by atoms with Gasteiger partial charge in [-0.05, 0) is 38.0 Å². The lowest BCUT2D eigenvalue weighted by molar-refractivity contribution is -0.269. The van der Waals surface area contributed by atoms with Crippen LogP contribution in [-0.4, -0.2) is 19.0 Å². The molecule has 1 aliphatic heterocycles. The Labute approximate surface area is 124 Å². The summed E-state index contributed by atoms with van der Waals surface area (Å²) in [6.07, 6.45) is 7.53. The van der Waals surface area contributed by atoms with Crippen molar-refractivity contribution in [1.29, 1.82) is 0 Å². The summed E-state index contributed by atoms with van der Waals surface area (Å²) in [5.41, 5.74) is 1.52.